The van der Waals surface area contributed by atoms with Crippen molar-refractivity contribution in [3.05, 3.63) is 88.9 Å². The van der Waals surface area contributed by atoms with Crippen LogP contribution in [-0.2, 0) is 9.59 Å². The number of hydrogen-bond donors (Lipinski definition) is 1. The summed E-state index contributed by atoms with van der Waals surface area (Å²) in [5.74, 6) is -0.627. The van der Waals surface area contributed by atoms with Crippen molar-refractivity contribution in [2.45, 2.75) is 25.8 Å². The molecule has 2 aliphatic rings. The quantitative estimate of drug-likeness (QED) is 0.417. The van der Waals surface area contributed by atoms with E-state index in [4.69, 9.17) is 16.6 Å². The molecule has 0 saturated carbocycles. The molecule has 2 amide bonds. The zero-order chi connectivity index (χ0) is 27.5. The monoisotopic (exact) mass is 543 g/mol. The highest BCUT2D eigenvalue weighted by atomic mass is 35.5. The largest absolute Gasteiger partial charge is 0.325 e. The number of carbonyl (C=O) groups excluding carboxylic acids is 2. The van der Waals surface area contributed by atoms with Crippen LogP contribution in [-0.4, -0.2) is 73.1 Å². The molecule has 0 aliphatic carbocycles. The zero-order valence-electron chi connectivity index (χ0n) is 22.6. The molecule has 0 spiro atoms. The third kappa shape index (κ3) is 6.06. The molecule has 3 aromatic carbocycles. The number of carbonyl (C=O) groups is 2. The van der Waals surface area contributed by atoms with E-state index < -0.39 is 5.92 Å². The summed E-state index contributed by atoms with van der Waals surface area (Å²) in [5.41, 5.74) is 4.60. The van der Waals surface area contributed by atoms with Gasteiger partial charge in [0.15, 0.2) is 0 Å². The summed E-state index contributed by atoms with van der Waals surface area (Å²) in [6.45, 7) is 8.60. The molecule has 202 valence electrons. The van der Waals surface area contributed by atoms with Gasteiger partial charge in [0.05, 0.1) is 17.9 Å². The topological polar surface area (TPSA) is 68.2 Å². The molecular formula is C31H34ClN5O2. The molecule has 0 radical (unpaired) electrons. The predicted molar refractivity (Wildman–Crippen MR) is 158 cm³/mol. The van der Waals surface area contributed by atoms with Crippen LogP contribution in [0.1, 0.15) is 30.9 Å². The van der Waals surface area contributed by atoms with Crippen LogP contribution >= 0.6 is 11.6 Å². The summed E-state index contributed by atoms with van der Waals surface area (Å²) in [7, 11) is 1.81. The van der Waals surface area contributed by atoms with Gasteiger partial charge in [-0.25, -0.2) is 0 Å². The fourth-order valence-corrected chi connectivity index (χ4v) is 5.35. The third-order valence-corrected chi connectivity index (χ3v) is 7.78. The van der Waals surface area contributed by atoms with Gasteiger partial charge in [-0.05, 0) is 61.4 Å². The normalized spacial score (nSPS) is 18.2. The number of piperazine rings is 1. The number of benzene rings is 3. The van der Waals surface area contributed by atoms with Gasteiger partial charge in [0.1, 0.15) is 5.92 Å². The summed E-state index contributed by atoms with van der Waals surface area (Å²) in [6, 6.07) is 23.3. The average Bonchev–Trinajstić information content (AvgIpc) is 3.26. The molecule has 5 rings (SSSR count). The van der Waals surface area contributed by atoms with E-state index in [1.807, 2.05) is 67.7 Å². The Hall–Kier alpha value is -3.52. The summed E-state index contributed by atoms with van der Waals surface area (Å²) in [4.78, 5) is 37.4. The van der Waals surface area contributed by atoms with Crippen molar-refractivity contribution >= 4 is 46.2 Å². The Kier molecular flexibility index (Phi) is 8.12. The maximum absolute atomic E-state index is 13.1. The number of anilines is 2. The molecule has 1 saturated heterocycles. The number of halogens is 1. The highest BCUT2D eigenvalue weighted by Gasteiger charge is 2.35. The van der Waals surface area contributed by atoms with Gasteiger partial charge >= 0.3 is 0 Å². The highest BCUT2D eigenvalue weighted by Crippen LogP contribution is 2.37. The van der Waals surface area contributed by atoms with Crippen LogP contribution in [0.15, 0.2) is 77.8 Å². The molecule has 8 heteroatoms. The van der Waals surface area contributed by atoms with Crippen LogP contribution < -0.4 is 10.2 Å². The summed E-state index contributed by atoms with van der Waals surface area (Å²) >= 11 is 6.17. The lowest BCUT2D eigenvalue weighted by Crippen LogP contribution is -2.51. The van der Waals surface area contributed by atoms with E-state index in [9.17, 15) is 9.59 Å². The molecular weight excluding hydrogens is 510 g/mol. The van der Waals surface area contributed by atoms with Crippen molar-refractivity contribution in [1.29, 1.82) is 0 Å². The summed E-state index contributed by atoms with van der Waals surface area (Å²) in [5, 5.41) is 3.52. The van der Waals surface area contributed by atoms with Crippen molar-refractivity contribution < 1.29 is 9.59 Å². The second kappa shape index (κ2) is 11.7. The minimum absolute atomic E-state index is 0.0621. The first kappa shape index (κ1) is 27.1. The molecule has 1 atom stereocenters. The van der Waals surface area contributed by atoms with Crippen molar-refractivity contribution in [1.82, 2.24) is 9.80 Å². The molecule has 3 aromatic rings. The first-order valence-electron chi connectivity index (χ1n) is 13.4. The Labute approximate surface area is 235 Å². The number of rotatable bonds is 7. The van der Waals surface area contributed by atoms with E-state index in [-0.39, 0.29) is 11.8 Å². The van der Waals surface area contributed by atoms with Gasteiger partial charge < -0.3 is 10.2 Å². The lowest BCUT2D eigenvalue weighted by atomic mass is 9.90. The van der Waals surface area contributed by atoms with Crippen LogP contribution in [0, 0.1) is 0 Å². The Morgan fingerprint density at radius 1 is 1.03 bits per heavy atom. The van der Waals surface area contributed by atoms with Crippen LogP contribution in [0.4, 0.5) is 17.1 Å². The molecule has 2 aliphatic heterocycles. The molecule has 1 N–H and O–H groups in total. The number of nitrogens with one attached hydrogen (secondary N) is 1. The smallest absolute Gasteiger partial charge is 0.240 e. The second-order valence-corrected chi connectivity index (χ2v) is 10.8. The number of aliphatic imine (C=N–C) groups is 1. The molecule has 1 fully saturated rings. The second-order valence-electron chi connectivity index (χ2n) is 10.4. The molecule has 1 unspecified atom stereocenters. The van der Waals surface area contributed by atoms with Crippen LogP contribution in [0.3, 0.4) is 0 Å². The standard InChI is InChI=1S/C31H34ClN5O2/c1-21(2)37-17-15-36(16-18-37)20-28(38)35(3)25-12-10-24(11-13-25)33-30(22-7-5-4-6-8-22)29-26-14-9-23(32)19-27(26)34-31(29)39/h4-14,19,21,29H,15-18,20H2,1-3H3,(H,34,39). The van der Waals surface area contributed by atoms with Crippen molar-refractivity contribution in [3.8, 4) is 0 Å². The Morgan fingerprint density at radius 3 is 2.38 bits per heavy atom. The highest BCUT2D eigenvalue weighted by molar-refractivity contribution is 6.31. The van der Waals surface area contributed by atoms with Crippen LogP contribution in [0.5, 0.6) is 0 Å². The lowest BCUT2D eigenvalue weighted by molar-refractivity contribution is -0.120. The van der Waals surface area contributed by atoms with Gasteiger partial charge in [0.2, 0.25) is 11.8 Å². The average molecular weight is 544 g/mol. The molecule has 0 bridgehead atoms. The van der Waals surface area contributed by atoms with Crippen molar-refractivity contribution in [2.24, 2.45) is 4.99 Å². The van der Waals surface area contributed by atoms with Gasteiger partial charge in [-0.1, -0.05) is 48.0 Å². The van der Waals surface area contributed by atoms with E-state index in [0.29, 0.717) is 34.7 Å². The fourth-order valence-electron chi connectivity index (χ4n) is 5.18. The maximum Gasteiger partial charge on any atom is 0.240 e. The molecule has 39 heavy (non-hydrogen) atoms. The summed E-state index contributed by atoms with van der Waals surface area (Å²) in [6.07, 6.45) is 0. The van der Waals surface area contributed by atoms with E-state index >= 15 is 0 Å². The van der Waals surface area contributed by atoms with Gasteiger partial charge in [0.25, 0.3) is 0 Å². The van der Waals surface area contributed by atoms with Gasteiger partial charge in [-0.15, -0.1) is 0 Å². The first-order valence-corrected chi connectivity index (χ1v) is 13.8. The number of hydrogen-bond acceptors (Lipinski definition) is 5. The third-order valence-electron chi connectivity index (χ3n) is 7.55. The molecule has 7 nitrogen and oxygen atoms in total. The fraction of sp³-hybridized carbons (Fsp3) is 0.323. The molecule has 2 heterocycles. The van der Waals surface area contributed by atoms with Gasteiger partial charge in [-0.3, -0.25) is 24.4 Å². The van der Waals surface area contributed by atoms with Gasteiger partial charge in [0, 0.05) is 55.7 Å². The Bertz CT molecular complexity index is 1370. The summed E-state index contributed by atoms with van der Waals surface area (Å²) < 4.78 is 0. The minimum atomic E-state index is -0.556. The predicted octanol–water partition coefficient (Wildman–Crippen LogP) is 5.19. The zero-order valence-corrected chi connectivity index (χ0v) is 23.4. The van der Waals surface area contributed by atoms with Crippen molar-refractivity contribution in [2.75, 3.05) is 50.0 Å². The van der Waals surface area contributed by atoms with Gasteiger partial charge in [-0.2, -0.15) is 0 Å². The van der Waals surface area contributed by atoms with E-state index in [1.165, 1.54) is 0 Å². The maximum atomic E-state index is 13.1. The van der Waals surface area contributed by atoms with E-state index in [2.05, 4.69) is 29.0 Å². The van der Waals surface area contributed by atoms with Crippen LogP contribution in [0.2, 0.25) is 5.02 Å². The number of amides is 2. The molecule has 0 aromatic heterocycles. The van der Waals surface area contributed by atoms with E-state index in [1.54, 1.807) is 17.0 Å². The Balaban J connectivity index is 1.34. The first-order chi connectivity index (χ1) is 18.8. The van der Waals surface area contributed by atoms with Crippen molar-refractivity contribution in [3.63, 3.8) is 0 Å². The lowest BCUT2D eigenvalue weighted by Gasteiger charge is -2.37. The Morgan fingerprint density at radius 2 is 1.72 bits per heavy atom. The van der Waals surface area contributed by atoms with Crippen LogP contribution in [0.25, 0.3) is 0 Å². The number of fused-ring (bicyclic) bond motifs is 1. The number of nitrogens with zero attached hydrogens (tertiary/aromatic N) is 4. The van der Waals surface area contributed by atoms with E-state index in [0.717, 1.165) is 43.0 Å². The SMILES string of the molecule is CC(C)N1CCN(CC(=O)N(C)c2ccc(N=C(c3ccccc3)C3C(=O)Nc4cc(Cl)ccc43)cc2)CC1. The minimum Gasteiger partial charge on any atom is -0.325 e. The number of likely N-dealkylation sites (N-methyl/N-ethyl adjacent to an activating group) is 1.